The van der Waals surface area contributed by atoms with Gasteiger partial charge < -0.3 is 0 Å². The summed E-state index contributed by atoms with van der Waals surface area (Å²) in [5.74, 6) is 0.120. The van der Waals surface area contributed by atoms with E-state index in [1.54, 1.807) is 13.8 Å². The van der Waals surface area contributed by atoms with E-state index in [1.807, 2.05) is 0 Å². The molecular weight excluding hydrogens is 174 g/mol. The lowest BCUT2D eigenvalue weighted by molar-refractivity contribution is -0.139. The van der Waals surface area contributed by atoms with Crippen LogP contribution < -0.4 is 0 Å². The van der Waals surface area contributed by atoms with Crippen molar-refractivity contribution < 1.29 is 9.59 Å². The van der Waals surface area contributed by atoms with Crippen LogP contribution in [0.2, 0.25) is 0 Å². The van der Waals surface area contributed by atoms with Crippen molar-refractivity contribution in [2.75, 3.05) is 12.3 Å². The van der Waals surface area contributed by atoms with Crippen molar-refractivity contribution in [2.45, 2.75) is 13.8 Å². The Kier molecular flexibility index (Phi) is 2.77. The molecule has 68 valence electrons. The Hall–Kier alpha value is -0.510. The van der Waals surface area contributed by atoms with E-state index in [4.69, 9.17) is 0 Å². The maximum Gasteiger partial charge on any atom is 0.232 e. The molecule has 0 aromatic carbocycles. The number of hydrogen-bond acceptors (Lipinski definition) is 3. The predicted molar refractivity (Wildman–Crippen MR) is 48.9 cm³/mol. The van der Waals surface area contributed by atoms with Crippen LogP contribution in [-0.2, 0) is 9.59 Å². The summed E-state index contributed by atoms with van der Waals surface area (Å²) in [5, 5.41) is 0. The van der Waals surface area contributed by atoms with Gasteiger partial charge in [-0.1, -0.05) is 13.8 Å². The third-order valence-electron chi connectivity index (χ3n) is 2.38. The number of amides is 2. The zero-order chi connectivity index (χ0) is 9.30. The standard InChI is InChI=1S/C8H13NO2S/c1-5-6(2)8(11)9(3-4-12)7(5)10/h5-6,12H,3-4H2,1-2H3. The highest BCUT2D eigenvalue weighted by molar-refractivity contribution is 7.80. The van der Waals surface area contributed by atoms with Crippen LogP contribution in [0.1, 0.15) is 13.8 Å². The maximum atomic E-state index is 11.4. The molecule has 2 atom stereocenters. The average Bonchev–Trinajstić information content (AvgIpc) is 2.23. The fraction of sp³-hybridized carbons (Fsp3) is 0.750. The molecule has 0 aromatic rings. The molecule has 12 heavy (non-hydrogen) atoms. The molecule has 4 heteroatoms. The number of hydrogen-bond donors (Lipinski definition) is 1. The molecule has 2 amide bonds. The molecule has 0 N–H and O–H groups in total. The SMILES string of the molecule is CC1C(=O)N(CCS)C(=O)C1C. The first kappa shape index (κ1) is 9.58. The van der Waals surface area contributed by atoms with Crippen LogP contribution in [0.25, 0.3) is 0 Å². The fourth-order valence-corrected chi connectivity index (χ4v) is 1.55. The van der Waals surface area contributed by atoms with Crippen molar-refractivity contribution in [2.24, 2.45) is 11.8 Å². The van der Waals surface area contributed by atoms with Crippen molar-refractivity contribution in [1.29, 1.82) is 0 Å². The Labute approximate surface area is 77.5 Å². The summed E-state index contributed by atoms with van der Waals surface area (Å²) >= 11 is 3.99. The molecule has 1 fully saturated rings. The van der Waals surface area contributed by atoms with E-state index in [1.165, 1.54) is 4.90 Å². The molecule has 2 unspecified atom stereocenters. The van der Waals surface area contributed by atoms with Gasteiger partial charge in [-0.05, 0) is 0 Å². The van der Waals surface area contributed by atoms with Crippen LogP contribution in [-0.4, -0.2) is 29.0 Å². The minimum Gasteiger partial charge on any atom is -0.281 e. The molecule has 3 nitrogen and oxygen atoms in total. The van der Waals surface area contributed by atoms with E-state index in [0.717, 1.165) is 0 Å². The topological polar surface area (TPSA) is 37.4 Å². The Morgan fingerprint density at radius 2 is 1.67 bits per heavy atom. The van der Waals surface area contributed by atoms with E-state index in [0.29, 0.717) is 12.3 Å². The van der Waals surface area contributed by atoms with Crippen molar-refractivity contribution in [3.05, 3.63) is 0 Å². The molecule has 1 saturated heterocycles. The summed E-state index contributed by atoms with van der Waals surface area (Å²) < 4.78 is 0. The molecule has 0 saturated carbocycles. The van der Waals surface area contributed by atoms with Crippen molar-refractivity contribution in [3.8, 4) is 0 Å². The molecular formula is C8H13NO2S. The number of imide groups is 1. The van der Waals surface area contributed by atoms with E-state index in [-0.39, 0.29) is 23.7 Å². The monoisotopic (exact) mass is 187 g/mol. The van der Waals surface area contributed by atoms with Gasteiger partial charge in [0.15, 0.2) is 0 Å². The molecule has 0 spiro atoms. The van der Waals surface area contributed by atoms with Crippen LogP contribution in [0.3, 0.4) is 0 Å². The number of likely N-dealkylation sites (tertiary alicyclic amines) is 1. The fourth-order valence-electron chi connectivity index (χ4n) is 1.35. The molecule has 0 radical (unpaired) electrons. The normalized spacial score (nSPS) is 30.1. The van der Waals surface area contributed by atoms with Crippen LogP contribution in [0.5, 0.6) is 0 Å². The number of carbonyl (C=O) groups is 2. The van der Waals surface area contributed by atoms with Crippen LogP contribution >= 0.6 is 12.6 Å². The van der Waals surface area contributed by atoms with Gasteiger partial charge >= 0.3 is 0 Å². The first-order valence-electron chi connectivity index (χ1n) is 4.05. The third kappa shape index (κ3) is 1.35. The Balaban J connectivity index is 2.76. The molecule has 1 heterocycles. The maximum absolute atomic E-state index is 11.4. The van der Waals surface area contributed by atoms with E-state index < -0.39 is 0 Å². The highest BCUT2D eigenvalue weighted by atomic mass is 32.1. The first-order valence-corrected chi connectivity index (χ1v) is 4.69. The quantitative estimate of drug-likeness (QED) is 0.506. The summed E-state index contributed by atoms with van der Waals surface area (Å²) in [4.78, 5) is 24.1. The predicted octanol–water partition coefficient (Wildman–Crippen LogP) is 0.557. The van der Waals surface area contributed by atoms with Crippen molar-refractivity contribution >= 4 is 24.4 Å². The van der Waals surface area contributed by atoms with E-state index >= 15 is 0 Å². The number of rotatable bonds is 2. The largest absolute Gasteiger partial charge is 0.281 e. The van der Waals surface area contributed by atoms with Gasteiger partial charge in [-0.2, -0.15) is 12.6 Å². The lowest BCUT2D eigenvalue weighted by Crippen LogP contribution is -2.32. The number of carbonyl (C=O) groups excluding carboxylic acids is 2. The van der Waals surface area contributed by atoms with Crippen molar-refractivity contribution in [1.82, 2.24) is 4.90 Å². The van der Waals surface area contributed by atoms with Gasteiger partial charge in [0.1, 0.15) is 0 Å². The third-order valence-corrected chi connectivity index (χ3v) is 2.58. The van der Waals surface area contributed by atoms with Crippen molar-refractivity contribution in [3.63, 3.8) is 0 Å². The summed E-state index contributed by atoms with van der Waals surface area (Å²) in [5.41, 5.74) is 0. The van der Waals surface area contributed by atoms with Gasteiger partial charge in [0.05, 0.1) is 0 Å². The molecule has 1 rings (SSSR count). The Bertz CT molecular complexity index is 197. The minimum absolute atomic E-state index is 0.0541. The summed E-state index contributed by atoms with van der Waals surface area (Å²) in [7, 11) is 0. The van der Waals surface area contributed by atoms with Crippen LogP contribution in [0, 0.1) is 11.8 Å². The van der Waals surface area contributed by atoms with Gasteiger partial charge in [0, 0.05) is 24.1 Å². The summed E-state index contributed by atoms with van der Waals surface area (Å²) in [6.45, 7) is 4.03. The lowest BCUT2D eigenvalue weighted by atomic mass is 10.00. The average molecular weight is 187 g/mol. The zero-order valence-corrected chi connectivity index (χ0v) is 8.17. The Morgan fingerprint density at radius 1 is 1.25 bits per heavy atom. The van der Waals surface area contributed by atoms with Crippen LogP contribution in [0.4, 0.5) is 0 Å². The number of nitrogens with zero attached hydrogens (tertiary/aromatic N) is 1. The summed E-state index contributed by atoms with van der Waals surface area (Å²) in [6, 6.07) is 0. The van der Waals surface area contributed by atoms with E-state index in [2.05, 4.69) is 12.6 Å². The zero-order valence-electron chi connectivity index (χ0n) is 7.28. The molecule has 1 aliphatic rings. The summed E-state index contributed by atoms with van der Waals surface area (Å²) in [6.07, 6.45) is 0. The van der Waals surface area contributed by atoms with Gasteiger partial charge in [-0.15, -0.1) is 0 Å². The highest BCUT2D eigenvalue weighted by Crippen LogP contribution is 2.24. The second-order valence-corrected chi connectivity index (χ2v) is 3.58. The lowest BCUT2D eigenvalue weighted by Gasteiger charge is -2.11. The second kappa shape index (κ2) is 3.47. The molecule has 1 aliphatic heterocycles. The Morgan fingerprint density at radius 3 is 2.00 bits per heavy atom. The molecule has 0 bridgehead atoms. The second-order valence-electron chi connectivity index (χ2n) is 3.13. The molecule has 0 aliphatic carbocycles. The number of thiol groups is 1. The van der Waals surface area contributed by atoms with Gasteiger partial charge in [0.2, 0.25) is 11.8 Å². The smallest absolute Gasteiger partial charge is 0.232 e. The van der Waals surface area contributed by atoms with Crippen LogP contribution in [0.15, 0.2) is 0 Å². The van der Waals surface area contributed by atoms with E-state index in [9.17, 15) is 9.59 Å². The minimum atomic E-state index is -0.155. The van der Waals surface area contributed by atoms with Gasteiger partial charge in [-0.25, -0.2) is 0 Å². The van der Waals surface area contributed by atoms with Gasteiger partial charge in [-0.3, -0.25) is 14.5 Å². The highest BCUT2D eigenvalue weighted by Gasteiger charge is 2.41. The molecule has 0 aromatic heterocycles. The van der Waals surface area contributed by atoms with Gasteiger partial charge in [0.25, 0.3) is 0 Å². The first-order chi connectivity index (χ1) is 5.59.